The summed E-state index contributed by atoms with van der Waals surface area (Å²) in [5, 5.41) is 9.05. The number of aliphatic carboxylic acids is 1. The van der Waals surface area contributed by atoms with Crippen molar-refractivity contribution in [3.05, 3.63) is 34.7 Å². The van der Waals surface area contributed by atoms with Crippen LogP contribution in [0.1, 0.15) is 31.2 Å². The molecule has 2 fully saturated rings. The van der Waals surface area contributed by atoms with Gasteiger partial charge in [-0.1, -0.05) is 36.1 Å². The van der Waals surface area contributed by atoms with Gasteiger partial charge in [-0.3, -0.25) is 19.3 Å². The van der Waals surface area contributed by atoms with Crippen LogP contribution < -0.4 is 4.74 Å². The number of rotatable bonds is 7. The highest BCUT2D eigenvalue weighted by atomic mass is 32.2. The lowest BCUT2D eigenvalue weighted by Crippen LogP contribution is -2.40. The van der Waals surface area contributed by atoms with E-state index in [0.717, 1.165) is 5.56 Å². The van der Waals surface area contributed by atoms with Gasteiger partial charge in [-0.25, -0.2) is 0 Å². The van der Waals surface area contributed by atoms with Crippen LogP contribution in [-0.2, 0) is 14.4 Å². The quantitative estimate of drug-likeness (QED) is 0.507. The van der Waals surface area contributed by atoms with Crippen LogP contribution >= 0.6 is 24.0 Å². The molecular formula is C21H24N2O5S2. The van der Waals surface area contributed by atoms with E-state index in [1.54, 1.807) is 18.1 Å². The standard InChI is InChI=1S/C21H24N2O5S2/c1-28-16-5-2-4-14(12-16)13-17-19(25)23(21(29)30-17)9-3-6-18(24)22-10-7-15(8-11-22)20(26)27/h2,4-5,12-13,15H,3,6-11H2,1H3,(H,26,27). The van der Waals surface area contributed by atoms with Gasteiger partial charge in [0, 0.05) is 26.1 Å². The van der Waals surface area contributed by atoms with Crippen LogP contribution in [0.2, 0.25) is 0 Å². The molecule has 0 atom stereocenters. The van der Waals surface area contributed by atoms with Gasteiger partial charge in [-0.2, -0.15) is 0 Å². The summed E-state index contributed by atoms with van der Waals surface area (Å²) < 4.78 is 5.70. The van der Waals surface area contributed by atoms with E-state index in [0.29, 0.717) is 60.3 Å². The van der Waals surface area contributed by atoms with Crippen molar-refractivity contribution in [1.82, 2.24) is 9.80 Å². The van der Waals surface area contributed by atoms with Gasteiger partial charge in [0.25, 0.3) is 5.91 Å². The second-order valence-corrected chi connectivity index (χ2v) is 8.88. The minimum Gasteiger partial charge on any atom is -0.497 e. The molecule has 1 N–H and O–H groups in total. The van der Waals surface area contributed by atoms with Gasteiger partial charge < -0.3 is 14.7 Å². The Hall–Kier alpha value is -2.39. The third kappa shape index (κ3) is 5.40. The third-order valence-electron chi connectivity index (χ3n) is 5.23. The van der Waals surface area contributed by atoms with Crippen molar-refractivity contribution in [1.29, 1.82) is 0 Å². The lowest BCUT2D eigenvalue weighted by atomic mass is 9.97. The Bertz CT molecular complexity index is 878. The van der Waals surface area contributed by atoms with Crippen LogP contribution in [0.4, 0.5) is 0 Å². The van der Waals surface area contributed by atoms with E-state index >= 15 is 0 Å². The van der Waals surface area contributed by atoms with Crippen molar-refractivity contribution in [3.63, 3.8) is 0 Å². The Kier molecular flexibility index (Phi) is 7.49. The Morgan fingerprint density at radius 1 is 1.33 bits per heavy atom. The van der Waals surface area contributed by atoms with Crippen LogP contribution in [0.25, 0.3) is 6.08 Å². The number of hydrogen-bond donors (Lipinski definition) is 1. The summed E-state index contributed by atoms with van der Waals surface area (Å²) in [6.07, 6.45) is 3.59. The minimum atomic E-state index is -0.793. The average molecular weight is 449 g/mol. The van der Waals surface area contributed by atoms with E-state index in [4.69, 9.17) is 22.1 Å². The SMILES string of the molecule is COc1cccc(C=C2SC(=S)N(CCCC(=O)N3CCC(C(=O)O)CC3)C2=O)c1. The Labute approximate surface area is 185 Å². The fourth-order valence-electron chi connectivity index (χ4n) is 3.50. The smallest absolute Gasteiger partial charge is 0.306 e. The number of carbonyl (C=O) groups excluding carboxylic acids is 2. The number of nitrogens with zero attached hydrogens (tertiary/aromatic N) is 2. The summed E-state index contributed by atoms with van der Waals surface area (Å²) in [7, 11) is 1.59. The van der Waals surface area contributed by atoms with Crippen LogP contribution in [-0.4, -0.2) is 63.8 Å². The fraction of sp³-hybridized carbons (Fsp3) is 0.429. The number of likely N-dealkylation sites (tertiary alicyclic amines) is 1. The number of carboxylic acid groups (broad SMARTS) is 1. The zero-order valence-electron chi connectivity index (χ0n) is 16.7. The summed E-state index contributed by atoms with van der Waals surface area (Å²) in [6.45, 7) is 1.33. The first-order valence-corrected chi connectivity index (χ1v) is 11.0. The molecule has 0 radical (unpaired) electrons. The van der Waals surface area contributed by atoms with E-state index in [9.17, 15) is 14.4 Å². The highest BCUT2D eigenvalue weighted by Gasteiger charge is 2.32. The highest BCUT2D eigenvalue weighted by Crippen LogP contribution is 2.33. The predicted octanol–water partition coefficient (Wildman–Crippen LogP) is 3.00. The van der Waals surface area contributed by atoms with Crippen molar-refractivity contribution in [2.24, 2.45) is 5.92 Å². The second-order valence-electron chi connectivity index (χ2n) is 7.21. The molecule has 1 aromatic rings. The molecule has 0 spiro atoms. The molecular weight excluding hydrogens is 424 g/mol. The Morgan fingerprint density at radius 2 is 2.07 bits per heavy atom. The predicted molar refractivity (Wildman–Crippen MR) is 119 cm³/mol. The Balaban J connectivity index is 1.50. The molecule has 2 heterocycles. The zero-order valence-corrected chi connectivity index (χ0v) is 18.3. The van der Waals surface area contributed by atoms with Crippen LogP contribution in [0, 0.1) is 5.92 Å². The van der Waals surface area contributed by atoms with Gasteiger partial charge in [0.15, 0.2) is 0 Å². The number of ether oxygens (including phenoxy) is 1. The first-order valence-electron chi connectivity index (χ1n) is 9.79. The molecule has 0 aliphatic carbocycles. The summed E-state index contributed by atoms with van der Waals surface area (Å²) in [5.74, 6) is -0.595. The fourth-order valence-corrected chi connectivity index (χ4v) is 4.81. The first-order chi connectivity index (χ1) is 14.4. The Morgan fingerprint density at radius 3 is 2.73 bits per heavy atom. The highest BCUT2D eigenvalue weighted by molar-refractivity contribution is 8.26. The number of amides is 2. The average Bonchev–Trinajstić information content (AvgIpc) is 3.01. The van der Waals surface area contributed by atoms with E-state index < -0.39 is 5.97 Å². The van der Waals surface area contributed by atoms with Gasteiger partial charge in [0.05, 0.1) is 17.9 Å². The van der Waals surface area contributed by atoms with Gasteiger partial charge in [-0.05, 0) is 43.0 Å². The minimum absolute atomic E-state index is 0.00352. The van der Waals surface area contributed by atoms with Gasteiger partial charge in [0.1, 0.15) is 10.1 Å². The van der Waals surface area contributed by atoms with E-state index in [1.807, 2.05) is 24.3 Å². The number of thiocarbonyl (C=S) groups is 1. The van der Waals surface area contributed by atoms with Crippen molar-refractivity contribution in [2.45, 2.75) is 25.7 Å². The maximum Gasteiger partial charge on any atom is 0.306 e. The van der Waals surface area contributed by atoms with E-state index in [1.165, 1.54) is 16.7 Å². The molecule has 2 saturated heterocycles. The molecule has 0 unspecified atom stereocenters. The van der Waals surface area contributed by atoms with Gasteiger partial charge in [0.2, 0.25) is 5.91 Å². The number of carbonyl (C=O) groups is 3. The number of benzene rings is 1. The number of piperidine rings is 1. The molecule has 0 bridgehead atoms. The molecule has 30 heavy (non-hydrogen) atoms. The molecule has 1 aromatic carbocycles. The lowest BCUT2D eigenvalue weighted by molar-refractivity contribution is -0.145. The molecule has 160 valence electrons. The number of thioether (sulfide) groups is 1. The largest absolute Gasteiger partial charge is 0.497 e. The van der Waals surface area contributed by atoms with Crippen LogP contribution in [0.5, 0.6) is 5.75 Å². The molecule has 2 aliphatic heterocycles. The maximum atomic E-state index is 12.7. The number of carboxylic acids is 1. The van der Waals surface area contributed by atoms with E-state index in [-0.39, 0.29) is 17.7 Å². The third-order valence-corrected chi connectivity index (χ3v) is 6.61. The first kappa shape index (κ1) is 22.3. The molecule has 2 aliphatic rings. The summed E-state index contributed by atoms with van der Waals surface area (Å²) in [4.78, 5) is 39.9. The molecule has 9 heteroatoms. The van der Waals surface area contributed by atoms with Crippen molar-refractivity contribution in [2.75, 3.05) is 26.7 Å². The number of hydrogen-bond acceptors (Lipinski definition) is 6. The summed E-state index contributed by atoms with van der Waals surface area (Å²) >= 11 is 6.61. The summed E-state index contributed by atoms with van der Waals surface area (Å²) in [5.41, 5.74) is 0.856. The topological polar surface area (TPSA) is 87.2 Å². The van der Waals surface area contributed by atoms with Crippen LogP contribution in [0.3, 0.4) is 0 Å². The van der Waals surface area contributed by atoms with Crippen LogP contribution in [0.15, 0.2) is 29.2 Å². The zero-order chi connectivity index (χ0) is 21.7. The molecule has 0 saturated carbocycles. The molecule has 7 nitrogen and oxygen atoms in total. The monoisotopic (exact) mass is 448 g/mol. The van der Waals surface area contributed by atoms with Crippen molar-refractivity contribution in [3.8, 4) is 5.75 Å². The lowest BCUT2D eigenvalue weighted by Gasteiger charge is -2.30. The molecule has 2 amide bonds. The van der Waals surface area contributed by atoms with Gasteiger partial charge in [-0.15, -0.1) is 0 Å². The molecule has 3 rings (SSSR count). The maximum absolute atomic E-state index is 12.7. The molecule has 0 aromatic heterocycles. The summed E-state index contributed by atoms with van der Waals surface area (Å²) in [6, 6.07) is 7.43. The van der Waals surface area contributed by atoms with Crippen molar-refractivity contribution < 1.29 is 24.2 Å². The van der Waals surface area contributed by atoms with Crippen molar-refractivity contribution >= 4 is 52.2 Å². The normalized spacial score (nSPS) is 18.9. The van der Waals surface area contributed by atoms with Gasteiger partial charge >= 0.3 is 5.97 Å². The number of methoxy groups -OCH3 is 1. The van der Waals surface area contributed by atoms with E-state index in [2.05, 4.69) is 0 Å². The second kappa shape index (κ2) is 10.1.